The Morgan fingerprint density at radius 3 is 2.67 bits per heavy atom. The average Bonchev–Trinajstić information content (AvgIpc) is 2.43. The Bertz CT molecular complexity index is 673. The summed E-state index contributed by atoms with van der Waals surface area (Å²) in [7, 11) is 0. The van der Waals surface area contributed by atoms with Gasteiger partial charge in [0.25, 0.3) is 5.91 Å². The monoisotopic (exact) mass is 366 g/mol. The highest BCUT2D eigenvalue weighted by Crippen LogP contribution is 2.26. The maximum atomic E-state index is 12.4. The second-order valence-corrected chi connectivity index (χ2v) is 5.92. The Morgan fingerprint density at radius 2 is 2.00 bits per heavy atom. The largest absolute Gasteiger partial charge is 0.385 e. The fourth-order valence-corrected chi connectivity index (χ4v) is 2.39. The molecule has 2 aromatic rings. The van der Waals surface area contributed by atoms with Crippen LogP contribution in [0.3, 0.4) is 0 Å². The number of halogens is 2. The van der Waals surface area contributed by atoms with Crippen molar-refractivity contribution in [3.63, 3.8) is 0 Å². The molecule has 5 heteroatoms. The number of anilines is 2. The van der Waals surface area contributed by atoms with Gasteiger partial charge in [-0.05, 0) is 65.7 Å². The molecule has 2 aromatic carbocycles. The van der Waals surface area contributed by atoms with Crippen LogP contribution in [0.15, 0.2) is 40.9 Å². The molecule has 0 saturated heterocycles. The molecule has 21 heavy (non-hydrogen) atoms. The van der Waals surface area contributed by atoms with E-state index in [2.05, 4.69) is 26.6 Å². The summed E-state index contributed by atoms with van der Waals surface area (Å²) in [6.07, 6.45) is 0. The van der Waals surface area contributed by atoms with Crippen molar-refractivity contribution >= 4 is 44.8 Å². The molecule has 3 nitrogen and oxygen atoms in total. The van der Waals surface area contributed by atoms with E-state index >= 15 is 0 Å². The van der Waals surface area contributed by atoms with Crippen LogP contribution in [0.4, 0.5) is 11.4 Å². The topological polar surface area (TPSA) is 41.1 Å². The Hall–Kier alpha value is -1.52. The van der Waals surface area contributed by atoms with Crippen molar-refractivity contribution in [2.75, 3.05) is 17.2 Å². The molecular weight excluding hydrogens is 352 g/mol. The number of rotatable bonds is 4. The van der Waals surface area contributed by atoms with Gasteiger partial charge in [0, 0.05) is 22.4 Å². The van der Waals surface area contributed by atoms with E-state index in [9.17, 15) is 4.79 Å². The molecule has 2 N–H and O–H groups in total. The van der Waals surface area contributed by atoms with Crippen LogP contribution >= 0.6 is 27.5 Å². The minimum absolute atomic E-state index is 0.163. The van der Waals surface area contributed by atoms with Crippen LogP contribution in [0.25, 0.3) is 0 Å². The van der Waals surface area contributed by atoms with Crippen LogP contribution in [0.2, 0.25) is 5.02 Å². The Kier molecular flexibility index (Phi) is 5.26. The first-order valence-corrected chi connectivity index (χ1v) is 7.79. The molecule has 0 aliphatic heterocycles. The van der Waals surface area contributed by atoms with Crippen LogP contribution < -0.4 is 10.6 Å². The second-order valence-electron chi connectivity index (χ2n) is 4.66. The molecule has 0 fully saturated rings. The maximum absolute atomic E-state index is 12.4. The predicted octanol–water partition coefficient (Wildman–Crippen LogP) is 5.10. The molecule has 0 atom stereocenters. The lowest BCUT2D eigenvalue weighted by molar-refractivity contribution is 0.102. The Labute approximate surface area is 137 Å². The lowest BCUT2D eigenvalue weighted by Gasteiger charge is -2.12. The van der Waals surface area contributed by atoms with Crippen molar-refractivity contribution in [1.82, 2.24) is 0 Å². The van der Waals surface area contributed by atoms with Crippen molar-refractivity contribution < 1.29 is 4.79 Å². The van der Waals surface area contributed by atoms with Gasteiger partial charge in [-0.2, -0.15) is 0 Å². The highest BCUT2D eigenvalue weighted by atomic mass is 79.9. The van der Waals surface area contributed by atoms with Gasteiger partial charge in [-0.25, -0.2) is 0 Å². The molecule has 0 saturated carbocycles. The molecule has 110 valence electrons. The number of nitrogens with one attached hydrogen (secondary N) is 2. The molecule has 1 amide bonds. The van der Waals surface area contributed by atoms with Gasteiger partial charge >= 0.3 is 0 Å². The normalized spacial score (nSPS) is 10.3. The summed E-state index contributed by atoms with van der Waals surface area (Å²) in [6.45, 7) is 4.75. The van der Waals surface area contributed by atoms with E-state index in [0.717, 1.165) is 22.3 Å². The highest BCUT2D eigenvalue weighted by molar-refractivity contribution is 9.10. The Morgan fingerprint density at radius 1 is 1.24 bits per heavy atom. The number of benzene rings is 2. The Balaban J connectivity index is 2.25. The lowest BCUT2D eigenvalue weighted by atomic mass is 10.1. The molecule has 0 unspecified atom stereocenters. The SMILES string of the molecule is CCNc1cc(C)ccc1C(=O)Nc1ccc(Br)c(Cl)c1. The first-order chi connectivity index (χ1) is 10.0. The van der Waals surface area contributed by atoms with Gasteiger partial charge in [0.2, 0.25) is 0 Å². The zero-order valence-corrected chi connectivity index (χ0v) is 14.2. The van der Waals surface area contributed by atoms with E-state index in [4.69, 9.17) is 11.6 Å². The summed E-state index contributed by atoms with van der Waals surface area (Å²) in [5, 5.41) is 6.63. The smallest absolute Gasteiger partial charge is 0.257 e. The number of aryl methyl sites for hydroxylation is 1. The fourth-order valence-electron chi connectivity index (χ4n) is 1.97. The van der Waals surface area contributed by atoms with Crippen LogP contribution in [0.1, 0.15) is 22.8 Å². The number of hydrogen-bond acceptors (Lipinski definition) is 2. The molecule has 0 aliphatic rings. The minimum atomic E-state index is -0.163. The van der Waals surface area contributed by atoms with Crippen LogP contribution in [0, 0.1) is 6.92 Å². The number of carbonyl (C=O) groups excluding carboxylic acids is 1. The summed E-state index contributed by atoms with van der Waals surface area (Å²) in [4.78, 5) is 12.4. The molecule has 0 bridgehead atoms. The molecule has 0 heterocycles. The van der Waals surface area contributed by atoms with E-state index in [1.807, 2.05) is 32.0 Å². The van der Waals surface area contributed by atoms with E-state index in [1.165, 1.54) is 0 Å². The zero-order chi connectivity index (χ0) is 15.4. The van der Waals surface area contributed by atoms with Gasteiger partial charge in [0.05, 0.1) is 10.6 Å². The predicted molar refractivity (Wildman–Crippen MR) is 92.4 cm³/mol. The number of amides is 1. The van der Waals surface area contributed by atoms with Gasteiger partial charge in [0.1, 0.15) is 0 Å². The van der Waals surface area contributed by atoms with E-state index < -0.39 is 0 Å². The van der Waals surface area contributed by atoms with E-state index in [-0.39, 0.29) is 5.91 Å². The van der Waals surface area contributed by atoms with Gasteiger partial charge in [-0.15, -0.1) is 0 Å². The average molecular weight is 368 g/mol. The lowest BCUT2D eigenvalue weighted by Crippen LogP contribution is -2.15. The zero-order valence-electron chi connectivity index (χ0n) is 11.8. The summed E-state index contributed by atoms with van der Waals surface area (Å²) in [6, 6.07) is 11.0. The molecule has 0 spiro atoms. The van der Waals surface area contributed by atoms with Crippen molar-refractivity contribution in [3.8, 4) is 0 Å². The number of carbonyl (C=O) groups is 1. The maximum Gasteiger partial charge on any atom is 0.257 e. The van der Waals surface area contributed by atoms with Crippen molar-refractivity contribution in [3.05, 3.63) is 57.0 Å². The molecule has 0 radical (unpaired) electrons. The van der Waals surface area contributed by atoms with Crippen LogP contribution in [0.5, 0.6) is 0 Å². The van der Waals surface area contributed by atoms with Gasteiger partial charge in [0.15, 0.2) is 0 Å². The van der Waals surface area contributed by atoms with Gasteiger partial charge < -0.3 is 10.6 Å². The minimum Gasteiger partial charge on any atom is -0.385 e. The third-order valence-electron chi connectivity index (χ3n) is 2.96. The molecule has 0 aliphatic carbocycles. The van der Waals surface area contributed by atoms with Crippen molar-refractivity contribution in [1.29, 1.82) is 0 Å². The fraction of sp³-hybridized carbons (Fsp3) is 0.188. The summed E-state index contributed by atoms with van der Waals surface area (Å²) in [5.41, 5.74) is 3.21. The van der Waals surface area contributed by atoms with Crippen molar-refractivity contribution in [2.24, 2.45) is 0 Å². The third kappa shape index (κ3) is 3.99. The van der Waals surface area contributed by atoms with Gasteiger partial charge in [-0.1, -0.05) is 17.7 Å². The molecular formula is C16H16BrClN2O. The highest BCUT2D eigenvalue weighted by Gasteiger charge is 2.12. The van der Waals surface area contributed by atoms with Crippen LogP contribution in [-0.2, 0) is 0 Å². The molecule has 0 aromatic heterocycles. The second kappa shape index (κ2) is 6.96. The number of hydrogen-bond donors (Lipinski definition) is 2. The standard InChI is InChI=1S/C16H16BrClN2O/c1-3-19-15-8-10(2)4-6-12(15)16(21)20-11-5-7-13(17)14(18)9-11/h4-9,19H,3H2,1-2H3,(H,20,21). The third-order valence-corrected chi connectivity index (χ3v) is 4.20. The van der Waals surface area contributed by atoms with E-state index in [0.29, 0.717) is 16.3 Å². The quantitative estimate of drug-likeness (QED) is 0.790. The summed E-state index contributed by atoms with van der Waals surface area (Å²) < 4.78 is 0.797. The first-order valence-electron chi connectivity index (χ1n) is 6.62. The first kappa shape index (κ1) is 15.9. The molecule has 2 rings (SSSR count). The summed E-state index contributed by atoms with van der Waals surface area (Å²) >= 11 is 9.36. The van der Waals surface area contributed by atoms with Gasteiger partial charge in [-0.3, -0.25) is 4.79 Å². The summed E-state index contributed by atoms with van der Waals surface area (Å²) in [5.74, 6) is -0.163. The van der Waals surface area contributed by atoms with Crippen LogP contribution in [-0.4, -0.2) is 12.5 Å². The van der Waals surface area contributed by atoms with E-state index in [1.54, 1.807) is 18.2 Å². The van der Waals surface area contributed by atoms with Crippen molar-refractivity contribution in [2.45, 2.75) is 13.8 Å².